The number of rotatable bonds is 4. The van der Waals surface area contributed by atoms with Gasteiger partial charge in [0.2, 0.25) is 5.91 Å². The molecule has 98 valence electrons. The predicted octanol–water partition coefficient (Wildman–Crippen LogP) is 1.47. The molecule has 0 radical (unpaired) electrons. The van der Waals surface area contributed by atoms with E-state index < -0.39 is 17.7 Å². The number of aromatic carboxylic acids is 1. The van der Waals surface area contributed by atoms with Crippen molar-refractivity contribution in [2.75, 3.05) is 0 Å². The minimum Gasteiger partial charge on any atom is -0.478 e. The van der Waals surface area contributed by atoms with Gasteiger partial charge in [0, 0.05) is 30.1 Å². The van der Waals surface area contributed by atoms with Gasteiger partial charge in [-0.2, -0.15) is 0 Å². The molecule has 2 aromatic rings. The summed E-state index contributed by atoms with van der Waals surface area (Å²) in [7, 11) is 0. The van der Waals surface area contributed by atoms with Crippen LogP contribution in [-0.4, -0.2) is 21.6 Å². The fraction of sp³-hybridized carbons (Fsp3) is 0.0769. The lowest BCUT2D eigenvalue weighted by atomic mass is 10.1. The van der Waals surface area contributed by atoms with Crippen LogP contribution >= 0.6 is 0 Å². The van der Waals surface area contributed by atoms with Crippen LogP contribution in [0.1, 0.15) is 26.3 Å². The van der Waals surface area contributed by atoms with Crippen LogP contribution in [0.5, 0.6) is 0 Å². The van der Waals surface area contributed by atoms with Crippen molar-refractivity contribution in [1.29, 1.82) is 0 Å². The Morgan fingerprint density at radius 1 is 1.26 bits per heavy atom. The van der Waals surface area contributed by atoms with Gasteiger partial charge in [-0.25, -0.2) is 9.18 Å². The standard InChI is InChI=1S/C13H11FN2O3/c14-11-5-8(12(15)17)1-2-9(11)6-16-4-3-10(7-16)13(18)19/h1-5,7H,6H2,(H2,15,17)(H,18,19). The molecule has 0 bridgehead atoms. The van der Waals surface area contributed by atoms with Gasteiger partial charge in [0.1, 0.15) is 5.82 Å². The second kappa shape index (κ2) is 4.93. The number of carbonyl (C=O) groups excluding carboxylic acids is 1. The van der Waals surface area contributed by atoms with Gasteiger partial charge in [-0.1, -0.05) is 6.07 Å². The van der Waals surface area contributed by atoms with Crippen LogP contribution in [0.2, 0.25) is 0 Å². The monoisotopic (exact) mass is 262 g/mol. The highest BCUT2D eigenvalue weighted by molar-refractivity contribution is 5.92. The molecule has 0 fully saturated rings. The number of nitrogens with zero attached hydrogens (tertiary/aromatic N) is 1. The third-order valence-electron chi connectivity index (χ3n) is 2.69. The van der Waals surface area contributed by atoms with Crippen molar-refractivity contribution in [2.24, 2.45) is 5.73 Å². The van der Waals surface area contributed by atoms with Gasteiger partial charge >= 0.3 is 5.97 Å². The third kappa shape index (κ3) is 2.79. The minimum absolute atomic E-state index is 0.0972. The van der Waals surface area contributed by atoms with E-state index in [-0.39, 0.29) is 17.7 Å². The number of aromatic nitrogens is 1. The largest absolute Gasteiger partial charge is 0.478 e. The number of primary amides is 1. The number of amides is 1. The first kappa shape index (κ1) is 12.8. The molecule has 0 saturated heterocycles. The molecule has 0 aliphatic carbocycles. The molecule has 0 spiro atoms. The third-order valence-corrected chi connectivity index (χ3v) is 2.69. The molecular weight excluding hydrogens is 251 g/mol. The van der Waals surface area contributed by atoms with Gasteiger partial charge in [0.05, 0.1) is 5.56 Å². The molecule has 1 heterocycles. The second-order valence-corrected chi connectivity index (χ2v) is 4.05. The number of carbonyl (C=O) groups is 2. The summed E-state index contributed by atoms with van der Waals surface area (Å²) >= 11 is 0. The van der Waals surface area contributed by atoms with E-state index in [0.29, 0.717) is 5.56 Å². The Kier molecular flexibility index (Phi) is 3.33. The zero-order valence-corrected chi connectivity index (χ0v) is 9.84. The maximum absolute atomic E-state index is 13.7. The molecule has 2 rings (SSSR count). The fourth-order valence-electron chi connectivity index (χ4n) is 1.69. The summed E-state index contributed by atoms with van der Waals surface area (Å²) in [5.74, 6) is -2.29. The van der Waals surface area contributed by atoms with Crippen molar-refractivity contribution in [3.8, 4) is 0 Å². The average molecular weight is 262 g/mol. The first-order chi connectivity index (χ1) is 8.97. The second-order valence-electron chi connectivity index (χ2n) is 4.05. The van der Waals surface area contributed by atoms with Crippen LogP contribution in [0.4, 0.5) is 4.39 Å². The van der Waals surface area contributed by atoms with E-state index in [4.69, 9.17) is 10.8 Å². The van der Waals surface area contributed by atoms with E-state index in [1.165, 1.54) is 24.4 Å². The van der Waals surface area contributed by atoms with Gasteiger partial charge in [0.15, 0.2) is 0 Å². The van der Waals surface area contributed by atoms with Crippen LogP contribution in [0.15, 0.2) is 36.7 Å². The topological polar surface area (TPSA) is 85.3 Å². The first-order valence-corrected chi connectivity index (χ1v) is 5.44. The summed E-state index contributed by atoms with van der Waals surface area (Å²) in [5, 5.41) is 8.78. The number of nitrogens with two attached hydrogens (primary N) is 1. The SMILES string of the molecule is NC(=O)c1ccc(Cn2ccc(C(=O)O)c2)c(F)c1. The molecule has 1 aromatic heterocycles. The van der Waals surface area contributed by atoms with Crippen LogP contribution < -0.4 is 5.73 Å². The number of halogens is 1. The van der Waals surface area contributed by atoms with E-state index in [2.05, 4.69) is 0 Å². The van der Waals surface area contributed by atoms with E-state index in [1.807, 2.05) is 0 Å². The Hall–Kier alpha value is -2.63. The molecule has 0 aliphatic rings. The quantitative estimate of drug-likeness (QED) is 0.874. The van der Waals surface area contributed by atoms with Crippen LogP contribution in [-0.2, 0) is 6.54 Å². The maximum atomic E-state index is 13.7. The zero-order valence-electron chi connectivity index (χ0n) is 9.84. The Bertz CT molecular complexity index is 649. The molecule has 0 aliphatic heterocycles. The lowest BCUT2D eigenvalue weighted by Gasteiger charge is -2.05. The summed E-state index contributed by atoms with van der Waals surface area (Å²) in [4.78, 5) is 21.6. The predicted molar refractivity (Wildman–Crippen MR) is 65.4 cm³/mol. The smallest absolute Gasteiger partial charge is 0.337 e. The number of hydrogen-bond acceptors (Lipinski definition) is 2. The zero-order chi connectivity index (χ0) is 14.0. The summed E-state index contributed by atoms with van der Waals surface area (Å²) in [6, 6.07) is 5.38. The van der Waals surface area contributed by atoms with Gasteiger partial charge < -0.3 is 15.4 Å². The highest BCUT2D eigenvalue weighted by Crippen LogP contribution is 2.13. The summed E-state index contributed by atoms with van der Waals surface area (Å²) < 4.78 is 15.3. The molecule has 3 N–H and O–H groups in total. The van der Waals surface area contributed by atoms with Gasteiger partial charge in [-0.3, -0.25) is 4.79 Å². The van der Waals surface area contributed by atoms with Crippen molar-refractivity contribution in [1.82, 2.24) is 4.57 Å². The first-order valence-electron chi connectivity index (χ1n) is 5.44. The molecule has 0 unspecified atom stereocenters. The summed E-state index contributed by atoms with van der Waals surface area (Å²) in [6.45, 7) is 0.179. The highest BCUT2D eigenvalue weighted by atomic mass is 19.1. The number of hydrogen-bond donors (Lipinski definition) is 2. The van der Waals surface area contributed by atoms with Gasteiger partial charge in [-0.15, -0.1) is 0 Å². The van der Waals surface area contributed by atoms with E-state index in [0.717, 1.165) is 6.07 Å². The number of carboxylic acid groups (broad SMARTS) is 1. The van der Waals surface area contributed by atoms with E-state index >= 15 is 0 Å². The minimum atomic E-state index is -1.04. The molecule has 0 saturated carbocycles. The lowest BCUT2D eigenvalue weighted by Crippen LogP contribution is -2.12. The molecule has 0 atom stereocenters. The Morgan fingerprint density at radius 2 is 2.00 bits per heavy atom. The van der Waals surface area contributed by atoms with Crippen LogP contribution in [0.25, 0.3) is 0 Å². The molecule has 5 nitrogen and oxygen atoms in total. The highest BCUT2D eigenvalue weighted by Gasteiger charge is 2.09. The maximum Gasteiger partial charge on any atom is 0.337 e. The normalized spacial score (nSPS) is 10.4. The van der Waals surface area contributed by atoms with Crippen molar-refractivity contribution in [2.45, 2.75) is 6.54 Å². The molecule has 1 amide bonds. The van der Waals surface area contributed by atoms with E-state index in [1.54, 1.807) is 10.8 Å². The van der Waals surface area contributed by atoms with Crippen molar-refractivity contribution in [3.63, 3.8) is 0 Å². The molecule has 1 aromatic carbocycles. The lowest BCUT2D eigenvalue weighted by molar-refractivity contribution is 0.0696. The Morgan fingerprint density at radius 3 is 2.53 bits per heavy atom. The molecule has 6 heteroatoms. The number of benzene rings is 1. The van der Waals surface area contributed by atoms with Crippen molar-refractivity contribution in [3.05, 3.63) is 59.2 Å². The van der Waals surface area contributed by atoms with Crippen LogP contribution in [0.3, 0.4) is 0 Å². The number of carboxylic acids is 1. The van der Waals surface area contributed by atoms with Gasteiger partial charge in [-0.05, 0) is 18.2 Å². The van der Waals surface area contributed by atoms with Crippen LogP contribution in [0, 0.1) is 5.82 Å². The Labute approximate surface area is 108 Å². The average Bonchev–Trinajstić information content (AvgIpc) is 2.80. The van der Waals surface area contributed by atoms with Gasteiger partial charge in [0.25, 0.3) is 0 Å². The summed E-state index contributed by atoms with van der Waals surface area (Å²) in [5.41, 5.74) is 5.62. The summed E-state index contributed by atoms with van der Waals surface area (Å²) in [6.07, 6.45) is 2.95. The van der Waals surface area contributed by atoms with Crippen molar-refractivity contribution < 1.29 is 19.1 Å². The molecule has 19 heavy (non-hydrogen) atoms. The van der Waals surface area contributed by atoms with Crippen molar-refractivity contribution >= 4 is 11.9 Å². The fourth-order valence-corrected chi connectivity index (χ4v) is 1.69. The van der Waals surface area contributed by atoms with E-state index in [9.17, 15) is 14.0 Å². The Balaban J connectivity index is 2.23. The molecular formula is C13H11FN2O3.